The first-order valence-electron chi connectivity index (χ1n) is 6.49. The van der Waals surface area contributed by atoms with Gasteiger partial charge in [-0.1, -0.05) is 28.1 Å². The lowest BCUT2D eigenvalue weighted by atomic mass is 10.0. The fourth-order valence-electron chi connectivity index (χ4n) is 2.15. The molecule has 1 atom stereocenters. The lowest BCUT2D eigenvalue weighted by Crippen LogP contribution is -2.18. The van der Waals surface area contributed by atoms with Crippen LogP contribution in [0, 0.1) is 5.82 Å². The standard InChI is InChI=1S/C16H18BrFN2/c1-11(19-2)15-8-7-12(17)9-16(15)20(3)14-6-4-5-13(18)10-14/h4-11,19H,1-3H3. The van der Waals surface area contributed by atoms with Gasteiger partial charge < -0.3 is 10.2 Å². The van der Waals surface area contributed by atoms with E-state index in [0.717, 1.165) is 15.8 Å². The molecule has 0 aromatic heterocycles. The van der Waals surface area contributed by atoms with Gasteiger partial charge in [-0.25, -0.2) is 4.39 Å². The number of nitrogens with zero attached hydrogens (tertiary/aromatic N) is 1. The fourth-order valence-corrected chi connectivity index (χ4v) is 2.50. The maximum absolute atomic E-state index is 13.4. The predicted molar refractivity (Wildman–Crippen MR) is 86.1 cm³/mol. The fraction of sp³-hybridized carbons (Fsp3) is 0.250. The molecule has 2 aromatic rings. The monoisotopic (exact) mass is 336 g/mol. The number of rotatable bonds is 4. The molecule has 106 valence electrons. The van der Waals surface area contributed by atoms with Gasteiger partial charge in [0.2, 0.25) is 0 Å². The van der Waals surface area contributed by atoms with Crippen molar-refractivity contribution in [3.05, 3.63) is 58.3 Å². The van der Waals surface area contributed by atoms with Crippen molar-refractivity contribution in [3.63, 3.8) is 0 Å². The van der Waals surface area contributed by atoms with Gasteiger partial charge in [-0.15, -0.1) is 0 Å². The maximum atomic E-state index is 13.4. The van der Waals surface area contributed by atoms with Crippen molar-refractivity contribution in [2.24, 2.45) is 0 Å². The van der Waals surface area contributed by atoms with Crippen LogP contribution in [0.5, 0.6) is 0 Å². The van der Waals surface area contributed by atoms with Crippen molar-refractivity contribution in [3.8, 4) is 0 Å². The molecule has 0 aliphatic heterocycles. The highest BCUT2D eigenvalue weighted by Crippen LogP contribution is 2.33. The van der Waals surface area contributed by atoms with E-state index in [1.807, 2.05) is 37.2 Å². The van der Waals surface area contributed by atoms with E-state index in [2.05, 4.69) is 34.2 Å². The Bertz CT molecular complexity index is 601. The molecule has 0 amide bonds. The van der Waals surface area contributed by atoms with E-state index in [9.17, 15) is 4.39 Å². The lowest BCUT2D eigenvalue weighted by molar-refractivity contribution is 0.627. The maximum Gasteiger partial charge on any atom is 0.125 e. The van der Waals surface area contributed by atoms with Crippen LogP contribution in [0.3, 0.4) is 0 Å². The Morgan fingerprint density at radius 2 is 1.95 bits per heavy atom. The average Bonchev–Trinajstić information content (AvgIpc) is 2.45. The van der Waals surface area contributed by atoms with Crippen molar-refractivity contribution in [2.45, 2.75) is 13.0 Å². The summed E-state index contributed by atoms with van der Waals surface area (Å²) in [5.74, 6) is -0.229. The van der Waals surface area contributed by atoms with Gasteiger partial charge in [0.05, 0.1) is 0 Å². The summed E-state index contributed by atoms with van der Waals surface area (Å²) in [4.78, 5) is 2.00. The Hall–Kier alpha value is -1.39. The van der Waals surface area contributed by atoms with Crippen LogP contribution in [0.25, 0.3) is 0 Å². The Morgan fingerprint density at radius 1 is 1.20 bits per heavy atom. The number of halogens is 2. The van der Waals surface area contributed by atoms with E-state index in [1.165, 1.54) is 17.7 Å². The summed E-state index contributed by atoms with van der Waals surface area (Å²) >= 11 is 3.50. The van der Waals surface area contributed by atoms with Gasteiger partial charge in [0, 0.05) is 28.9 Å². The summed E-state index contributed by atoms with van der Waals surface area (Å²) in [6.45, 7) is 2.10. The molecule has 1 N–H and O–H groups in total. The summed E-state index contributed by atoms with van der Waals surface area (Å²) in [5, 5.41) is 3.24. The van der Waals surface area contributed by atoms with Gasteiger partial charge >= 0.3 is 0 Å². The molecular formula is C16H18BrFN2. The summed E-state index contributed by atoms with van der Waals surface area (Å²) in [7, 11) is 3.88. The molecule has 0 fully saturated rings. The number of hydrogen-bond donors (Lipinski definition) is 1. The first-order chi connectivity index (χ1) is 9.52. The number of hydrogen-bond acceptors (Lipinski definition) is 2. The van der Waals surface area contributed by atoms with E-state index >= 15 is 0 Å². The van der Waals surface area contributed by atoms with Gasteiger partial charge in [0.25, 0.3) is 0 Å². The molecular weight excluding hydrogens is 319 g/mol. The second kappa shape index (κ2) is 6.37. The van der Waals surface area contributed by atoms with Gasteiger partial charge in [0.1, 0.15) is 5.82 Å². The van der Waals surface area contributed by atoms with Crippen molar-refractivity contribution < 1.29 is 4.39 Å². The molecule has 4 heteroatoms. The molecule has 0 saturated carbocycles. The molecule has 2 aromatic carbocycles. The van der Waals surface area contributed by atoms with Crippen molar-refractivity contribution in [2.75, 3.05) is 19.0 Å². The third-order valence-electron chi connectivity index (χ3n) is 3.45. The molecule has 0 spiro atoms. The molecule has 0 heterocycles. The van der Waals surface area contributed by atoms with E-state index in [4.69, 9.17) is 0 Å². The Balaban J connectivity index is 2.47. The topological polar surface area (TPSA) is 15.3 Å². The highest BCUT2D eigenvalue weighted by Gasteiger charge is 2.14. The zero-order chi connectivity index (χ0) is 14.7. The molecule has 20 heavy (non-hydrogen) atoms. The number of anilines is 2. The van der Waals surface area contributed by atoms with Crippen LogP contribution in [0.2, 0.25) is 0 Å². The molecule has 0 saturated heterocycles. The van der Waals surface area contributed by atoms with Crippen molar-refractivity contribution >= 4 is 27.3 Å². The Labute approximate surface area is 127 Å². The predicted octanol–water partition coefficient (Wildman–Crippen LogP) is 4.64. The minimum Gasteiger partial charge on any atom is -0.344 e. The zero-order valence-corrected chi connectivity index (χ0v) is 13.4. The van der Waals surface area contributed by atoms with Crippen LogP contribution >= 0.6 is 15.9 Å². The number of nitrogens with one attached hydrogen (secondary N) is 1. The number of benzene rings is 2. The molecule has 0 bridgehead atoms. The van der Waals surface area contributed by atoms with Crippen LogP contribution in [-0.2, 0) is 0 Å². The van der Waals surface area contributed by atoms with Gasteiger partial charge in [-0.05, 0) is 49.9 Å². The summed E-state index contributed by atoms with van der Waals surface area (Å²) < 4.78 is 14.4. The van der Waals surface area contributed by atoms with Crippen LogP contribution in [0.15, 0.2) is 46.9 Å². The molecule has 0 radical (unpaired) electrons. The van der Waals surface area contributed by atoms with E-state index < -0.39 is 0 Å². The quantitative estimate of drug-likeness (QED) is 0.875. The summed E-state index contributed by atoms with van der Waals surface area (Å²) in [5.41, 5.74) is 3.04. The van der Waals surface area contributed by atoms with Crippen molar-refractivity contribution in [1.82, 2.24) is 5.32 Å². The highest BCUT2D eigenvalue weighted by molar-refractivity contribution is 9.10. The largest absolute Gasteiger partial charge is 0.344 e. The third-order valence-corrected chi connectivity index (χ3v) is 3.94. The van der Waals surface area contributed by atoms with Crippen LogP contribution < -0.4 is 10.2 Å². The van der Waals surface area contributed by atoms with Crippen molar-refractivity contribution in [1.29, 1.82) is 0 Å². The average molecular weight is 337 g/mol. The second-order valence-electron chi connectivity index (χ2n) is 4.75. The van der Waals surface area contributed by atoms with E-state index in [0.29, 0.717) is 0 Å². The minimum absolute atomic E-state index is 0.217. The Kier molecular flexibility index (Phi) is 4.78. The first kappa shape index (κ1) is 15.0. The smallest absolute Gasteiger partial charge is 0.125 e. The first-order valence-corrected chi connectivity index (χ1v) is 7.28. The molecule has 0 aliphatic carbocycles. The summed E-state index contributed by atoms with van der Waals surface area (Å²) in [6, 6.07) is 13.0. The molecule has 2 nitrogen and oxygen atoms in total. The van der Waals surface area contributed by atoms with Gasteiger partial charge in [-0.3, -0.25) is 0 Å². The lowest BCUT2D eigenvalue weighted by Gasteiger charge is -2.25. The van der Waals surface area contributed by atoms with Gasteiger partial charge in [0.15, 0.2) is 0 Å². The van der Waals surface area contributed by atoms with Crippen LogP contribution in [-0.4, -0.2) is 14.1 Å². The van der Waals surface area contributed by atoms with Crippen LogP contribution in [0.4, 0.5) is 15.8 Å². The molecule has 2 rings (SSSR count). The normalized spacial score (nSPS) is 12.2. The molecule has 1 unspecified atom stereocenters. The molecule has 0 aliphatic rings. The minimum atomic E-state index is -0.229. The third kappa shape index (κ3) is 3.19. The van der Waals surface area contributed by atoms with Gasteiger partial charge in [-0.2, -0.15) is 0 Å². The highest BCUT2D eigenvalue weighted by atomic mass is 79.9. The van der Waals surface area contributed by atoms with E-state index in [1.54, 1.807) is 6.07 Å². The summed E-state index contributed by atoms with van der Waals surface area (Å²) in [6.07, 6.45) is 0. The van der Waals surface area contributed by atoms with Crippen LogP contribution in [0.1, 0.15) is 18.5 Å². The Morgan fingerprint density at radius 3 is 2.60 bits per heavy atom. The second-order valence-corrected chi connectivity index (χ2v) is 5.67. The SMILES string of the molecule is CNC(C)c1ccc(Br)cc1N(C)c1cccc(F)c1. The van der Waals surface area contributed by atoms with E-state index in [-0.39, 0.29) is 11.9 Å². The zero-order valence-electron chi connectivity index (χ0n) is 11.8.